The molecule has 0 spiro atoms. The molecule has 368 valence electrons. The minimum Gasteiger partial charge on any atom is -0.459 e. The first-order valence-electron chi connectivity index (χ1n) is 25.0. The first-order valence-corrected chi connectivity index (χ1v) is 25.5. The normalized spacial score (nSPS) is 21.6. The number of carbonyl (C=O) groups excluding carboxylic acids is 1. The predicted molar refractivity (Wildman–Crippen MR) is 280 cm³/mol. The SMILES string of the molecule is C=CCO[C@@]12Oc3ccc(Oc4ccc(-c5ccccc5)cc4)cc3[C@H]3[C@H](CCCCO)[C@@H](CCCCO)C=C(C(=NOCc4ccccc4)C[C@@H]1N(Cc1cccc4ccccc14)C(=O)OCCCl)[C@H]32. The zero-order valence-electron chi connectivity index (χ0n) is 40.1. The lowest BCUT2D eigenvalue weighted by atomic mass is 9.55. The van der Waals surface area contributed by atoms with E-state index in [2.05, 4.69) is 61.2 Å². The van der Waals surface area contributed by atoms with Gasteiger partial charge in [0.25, 0.3) is 0 Å². The highest BCUT2D eigenvalue weighted by Crippen LogP contribution is 2.62. The van der Waals surface area contributed by atoms with Crippen LogP contribution in [0.2, 0.25) is 0 Å². The molecule has 2 N–H and O–H groups in total. The van der Waals surface area contributed by atoms with Crippen LogP contribution in [-0.4, -0.2) is 71.1 Å². The summed E-state index contributed by atoms with van der Waals surface area (Å²) in [6.45, 7) is 4.80. The summed E-state index contributed by atoms with van der Waals surface area (Å²) in [6.07, 6.45) is 8.22. The van der Waals surface area contributed by atoms with Crippen LogP contribution >= 0.6 is 11.6 Å². The average Bonchev–Trinajstić information content (AvgIpc) is 3.41. The number of unbranched alkanes of at least 4 members (excludes halogenated alkanes) is 2. The van der Waals surface area contributed by atoms with Crippen LogP contribution in [0.4, 0.5) is 4.79 Å². The number of benzene rings is 6. The Morgan fingerprint density at radius 1 is 0.817 bits per heavy atom. The Balaban J connectivity index is 1.23. The molecule has 0 unspecified atom stereocenters. The summed E-state index contributed by atoms with van der Waals surface area (Å²) in [5.74, 6) is -0.143. The molecule has 10 nitrogen and oxygen atoms in total. The predicted octanol–water partition coefficient (Wildman–Crippen LogP) is 13.0. The standard InChI is InChI=1S/C60H63ClN2O8/c1-2-35-68-60-56(63(59(66)67-36-32-61)40-47-23-15-22-45-20-9-10-24-50(45)47)39-54(62-69-41-42-16-5-3-6-17-42)52-37-46(21-11-13-33-64)51(25-12-14-34-65)57(58(52)60)53-38-49(30-31-55(53)71-60)70-48-28-26-44(27-29-48)43-18-7-4-8-19-43/h2-10,15-20,22-24,26-31,37-38,46,51,56-58,64-65H,1,11-14,21,25,32-36,39-41H2/t46-,51+,56-,57+,58+,60+/m0/s1. The molecule has 3 aliphatic rings. The third kappa shape index (κ3) is 11.1. The molecule has 0 bridgehead atoms. The van der Waals surface area contributed by atoms with E-state index < -0.39 is 23.8 Å². The molecular weight excluding hydrogens is 912 g/mol. The quantitative estimate of drug-likeness (QED) is 0.0299. The number of rotatable bonds is 22. The van der Waals surface area contributed by atoms with E-state index in [0.29, 0.717) is 35.8 Å². The van der Waals surface area contributed by atoms with Gasteiger partial charge in [-0.25, -0.2) is 4.79 Å². The van der Waals surface area contributed by atoms with Gasteiger partial charge in [-0.05, 0) is 106 Å². The minimum atomic E-state index is -1.50. The number of hydrogen-bond acceptors (Lipinski definition) is 9. The van der Waals surface area contributed by atoms with E-state index in [9.17, 15) is 15.0 Å². The van der Waals surface area contributed by atoms with Crippen molar-refractivity contribution in [2.24, 2.45) is 22.9 Å². The molecule has 0 aromatic heterocycles. The summed E-state index contributed by atoms with van der Waals surface area (Å²) in [5.41, 5.74) is 6.67. The van der Waals surface area contributed by atoms with E-state index in [1.165, 1.54) is 0 Å². The Bertz CT molecular complexity index is 2780. The molecule has 6 atom stereocenters. The molecular formula is C60H63ClN2O8. The number of allylic oxidation sites excluding steroid dienone is 1. The van der Waals surface area contributed by atoms with Gasteiger partial charge in [0, 0.05) is 31.1 Å². The molecule has 0 saturated heterocycles. The molecule has 6 aromatic rings. The number of fused-ring (bicyclic) bond motifs is 3. The lowest BCUT2D eigenvalue weighted by molar-refractivity contribution is -0.256. The summed E-state index contributed by atoms with van der Waals surface area (Å²) >= 11 is 6.22. The van der Waals surface area contributed by atoms with Gasteiger partial charge in [-0.1, -0.05) is 145 Å². The fourth-order valence-corrected chi connectivity index (χ4v) is 11.2. The lowest BCUT2D eigenvalue weighted by Gasteiger charge is -2.59. The Labute approximate surface area is 422 Å². The third-order valence-corrected chi connectivity index (χ3v) is 14.4. The molecule has 11 heteroatoms. The highest BCUT2D eigenvalue weighted by Gasteiger charge is 2.65. The molecule has 1 amide bonds. The molecule has 1 heterocycles. The van der Waals surface area contributed by atoms with Crippen LogP contribution in [-0.2, 0) is 27.5 Å². The van der Waals surface area contributed by atoms with Crippen molar-refractivity contribution in [1.82, 2.24) is 4.90 Å². The topological polar surface area (TPSA) is 119 Å². The average molecular weight is 976 g/mol. The van der Waals surface area contributed by atoms with Crippen LogP contribution in [0.3, 0.4) is 0 Å². The monoisotopic (exact) mass is 974 g/mol. The van der Waals surface area contributed by atoms with Crippen molar-refractivity contribution in [3.63, 3.8) is 0 Å². The zero-order valence-corrected chi connectivity index (χ0v) is 40.9. The number of amides is 1. The first-order chi connectivity index (χ1) is 34.9. The van der Waals surface area contributed by atoms with Crippen LogP contribution in [0.5, 0.6) is 17.2 Å². The third-order valence-electron chi connectivity index (χ3n) is 14.2. The van der Waals surface area contributed by atoms with Crippen molar-refractivity contribution in [1.29, 1.82) is 0 Å². The molecule has 6 aromatic carbocycles. The van der Waals surface area contributed by atoms with Crippen molar-refractivity contribution < 1.29 is 38.8 Å². The fourth-order valence-electron chi connectivity index (χ4n) is 11.1. The van der Waals surface area contributed by atoms with Crippen molar-refractivity contribution in [2.75, 3.05) is 32.3 Å². The van der Waals surface area contributed by atoms with Gasteiger partial charge in [0.15, 0.2) is 0 Å². The molecule has 1 saturated carbocycles. The van der Waals surface area contributed by atoms with Crippen molar-refractivity contribution in [3.05, 3.63) is 187 Å². The summed E-state index contributed by atoms with van der Waals surface area (Å²) in [6, 6.07) is 47.7. The second-order valence-corrected chi connectivity index (χ2v) is 19.0. The largest absolute Gasteiger partial charge is 0.459 e. The fraction of sp³-hybridized carbons (Fsp3) is 0.333. The van der Waals surface area contributed by atoms with Crippen LogP contribution < -0.4 is 9.47 Å². The van der Waals surface area contributed by atoms with Crippen LogP contribution in [0, 0.1) is 17.8 Å². The van der Waals surface area contributed by atoms with E-state index in [-0.39, 0.29) is 69.6 Å². The maximum atomic E-state index is 15.0. The van der Waals surface area contributed by atoms with Gasteiger partial charge in [0.2, 0.25) is 5.79 Å². The van der Waals surface area contributed by atoms with Gasteiger partial charge in [0.1, 0.15) is 36.5 Å². The summed E-state index contributed by atoms with van der Waals surface area (Å²) < 4.78 is 27.4. The lowest BCUT2D eigenvalue weighted by Crippen LogP contribution is -2.70. The van der Waals surface area contributed by atoms with Crippen LogP contribution in [0.1, 0.15) is 67.6 Å². The summed E-state index contributed by atoms with van der Waals surface area (Å²) in [5, 5.41) is 27.3. The molecule has 2 aliphatic carbocycles. The van der Waals surface area contributed by atoms with E-state index in [1.807, 2.05) is 97.1 Å². The summed E-state index contributed by atoms with van der Waals surface area (Å²) in [4.78, 5) is 23.0. The zero-order chi connectivity index (χ0) is 49.0. The molecule has 71 heavy (non-hydrogen) atoms. The number of halogens is 1. The maximum absolute atomic E-state index is 15.0. The van der Waals surface area contributed by atoms with Crippen molar-refractivity contribution >= 4 is 34.2 Å². The molecule has 0 radical (unpaired) electrons. The number of carbonyl (C=O) groups is 1. The van der Waals surface area contributed by atoms with Crippen molar-refractivity contribution in [3.8, 4) is 28.4 Å². The van der Waals surface area contributed by atoms with Gasteiger partial charge in [-0.2, -0.15) is 0 Å². The highest BCUT2D eigenvalue weighted by atomic mass is 35.5. The number of alkyl halides is 1. The molecule has 9 rings (SSSR count). The summed E-state index contributed by atoms with van der Waals surface area (Å²) in [7, 11) is 0. The molecule has 1 fully saturated rings. The van der Waals surface area contributed by atoms with E-state index in [1.54, 1.807) is 11.0 Å². The van der Waals surface area contributed by atoms with Gasteiger partial charge < -0.3 is 34.0 Å². The number of nitrogens with zero attached hydrogens (tertiary/aromatic N) is 2. The minimum absolute atomic E-state index is 0.00189. The van der Waals surface area contributed by atoms with E-state index >= 15 is 0 Å². The second-order valence-electron chi connectivity index (χ2n) is 18.6. The van der Waals surface area contributed by atoms with Crippen LogP contribution in [0.25, 0.3) is 21.9 Å². The molecule has 1 aliphatic heterocycles. The number of oxime groups is 1. The van der Waals surface area contributed by atoms with Gasteiger partial charge in [0.05, 0.1) is 30.7 Å². The number of ether oxygens (including phenoxy) is 4. The van der Waals surface area contributed by atoms with E-state index in [4.69, 9.17) is 40.5 Å². The van der Waals surface area contributed by atoms with Gasteiger partial charge >= 0.3 is 6.09 Å². The number of hydrogen-bond donors (Lipinski definition) is 2. The number of aliphatic hydroxyl groups is 2. The smallest absolute Gasteiger partial charge is 0.410 e. The van der Waals surface area contributed by atoms with Crippen LogP contribution in [0.15, 0.2) is 175 Å². The van der Waals surface area contributed by atoms with Gasteiger partial charge in [-0.3, -0.25) is 4.90 Å². The Morgan fingerprint density at radius 3 is 2.28 bits per heavy atom. The Kier molecular flexibility index (Phi) is 16.5. The first kappa shape index (κ1) is 49.5. The van der Waals surface area contributed by atoms with E-state index in [0.717, 1.165) is 69.8 Å². The second kappa shape index (κ2) is 23.7. The Hall–Kier alpha value is -6.43. The van der Waals surface area contributed by atoms with Crippen molar-refractivity contribution in [2.45, 2.75) is 75.8 Å². The van der Waals surface area contributed by atoms with Gasteiger partial charge in [-0.15, -0.1) is 18.2 Å². The highest BCUT2D eigenvalue weighted by molar-refractivity contribution is 6.18. The number of aliphatic hydroxyl groups excluding tert-OH is 2. The maximum Gasteiger partial charge on any atom is 0.410 e. The Morgan fingerprint density at radius 2 is 1.52 bits per heavy atom.